The first-order valence-corrected chi connectivity index (χ1v) is 4.60. The molecule has 0 unspecified atom stereocenters. The second-order valence-electron chi connectivity index (χ2n) is 2.09. The van der Waals surface area contributed by atoms with Gasteiger partial charge >= 0.3 is 0 Å². The maximum atomic E-state index is 12.6. The zero-order chi connectivity index (χ0) is 8.27. The van der Waals surface area contributed by atoms with E-state index in [0.717, 1.165) is 11.8 Å². The summed E-state index contributed by atoms with van der Waals surface area (Å²) in [6.07, 6.45) is 0.743. The minimum Gasteiger partial charge on any atom is -0.298 e. The lowest BCUT2D eigenvalue weighted by molar-refractivity contribution is 0.112. The van der Waals surface area contributed by atoms with Crippen molar-refractivity contribution < 1.29 is 9.18 Å². The van der Waals surface area contributed by atoms with E-state index in [0.29, 0.717) is 9.99 Å². The van der Waals surface area contributed by atoms with Crippen LogP contribution in [0.25, 0.3) is 0 Å². The summed E-state index contributed by atoms with van der Waals surface area (Å²) in [5.41, 5.74) is 1.32. The Morgan fingerprint density at radius 1 is 1.55 bits per heavy atom. The van der Waals surface area contributed by atoms with E-state index < -0.39 is 0 Å². The van der Waals surface area contributed by atoms with Crippen molar-refractivity contribution in [3.8, 4) is 0 Å². The van der Waals surface area contributed by atoms with Crippen molar-refractivity contribution >= 4 is 28.9 Å². The number of hydrogen-bond donors (Lipinski definition) is 0. The highest BCUT2D eigenvalue weighted by Gasteiger charge is 2.00. The predicted octanol–water partition coefficient (Wildman–Crippen LogP) is 2.57. The lowest BCUT2D eigenvalue weighted by Gasteiger charge is -1.98. The molecule has 1 rings (SSSR count). The molecule has 0 aliphatic rings. The fourth-order valence-corrected chi connectivity index (χ4v) is 1.47. The number of alkyl halides is 1. The third-order valence-corrected chi connectivity index (χ3v) is 2.20. The summed E-state index contributed by atoms with van der Waals surface area (Å²) in [4.78, 5) is 10.4. The number of halogens is 2. The van der Waals surface area contributed by atoms with Gasteiger partial charge in [-0.3, -0.25) is 4.79 Å². The van der Waals surface area contributed by atoms with Crippen molar-refractivity contribution in [2.75, 3.05) is 0 Å². The van der Waals surface area contributed by atoms with Crippen LogP contribution in [0.5, 0.6) is 0 Å². The normalized spacial score (nSPS) is 9.64. The fraction of sp³-hybridized carbons (Fsp3) is 0.125. The number of benzene rings is 1. The number of aldehydes is 1. The summed E-state index contributed by atoms with van der Waals surface area (Å²) in [5, 5.41) is 0. The SMILES string of the molecule is O=Cc1ccc(F)cc1CI. The van der Waals surface area contributed by atoms with Crippen molar-refractivity contribution in [2.45, 2.75) is 4.43 Å². The van der Waals surface area contributed by atoms with E-state index in [9.17, 15) is 9.18 Å². The van der Waals surface area contributed by atoms with Gasteiger partial charge in [-0.1, -0.05) is 22.6 Å². The number of carbonyl (C=O) groups is 1. The Hall–Kier alpha value is -0.450. The molecule has 0 bridgehead atoms. The van der Waals surface area contributed by atoms with E-state index >= 15 is 0 Å². The quantitative estimate of drug-likeness (QED) is 0.456. The van der Waals surface area contributed by atoms with Crippen LogP contribution in [0.2, 0.25) is 0 Å². The van der Waals surface area contributed by atoms with Crippen LogP contribution in [0.15, 0.2) is 18.2 Å². The van der Waals surface area contributed by atoms with E-state index in [1.807, 2.05) is 0 Å². The molecular weight excluding hydrogens is 258 g/mol. The molecule has 0 atom stereocenters. The van der Waals surface area contributed by atoms with E-state index in [1.54, 1.807) is 0 Å². The molecule has 1 nitrogen and oxygen atoms in total. The minimum atomic E-state index is -0.290. The molecule has 0 amide bonds. The van der Waals surface area contributed by atoms with Crippen LogP contribution in [0.3, 0.4) is 0 Å². The molecule has 0 aromatic heterocycles. The van der Waals surface area contributed by atoms with Gasteiger partial charge in [-0.25, -0.2) is 4.39 Å². The van der Waals surface area contributed by atoms with Crippen LogP contribution >= 0.6 is 22.6 Å². The molecule has 0 saturated carbocycles. The van der Waals surface area contributed by atoms with E-state index in [2.05, 4.69) is 22.6 Å². The molecule has 0 radical (unpaired) electrons. The lowest BCUT2D eigenvalue weighted by atomic mass is 10.1. The first-order chi connectivity index (χ1) is 5.27. The molecule has 0 aliphatic carbocycles. The molecule has 58 valence electrons. The molecule has 1 aromatic carbocycles. The Labute approximate surface area is 77.8 Å². The van der Waals surface area contributed by atoms with Crippen LogP contribution in [0, 0.1) is 5.82 Å². The van der Waals surface area contributed by atoms with Gasteiger partial charge in [0.2, 0.25) is 0 Å². The van der Waals surface area contributed by atoms with Gasteiger partial charge in [0.1, 0.15) is 12.1 Å². The third-order valence-electron chi connectivity index (χ3n) is 1.38. The number of hydrogen-bond acceptors (Lipinski definition) is 1. The zero-order valence-electron chi connectivity index (χ0n) is 5.68. The Morgan fingerprint density at radius 2 is 2.27 bits per heavy atom. The number of carbonyl (C=O) groups excluding carboxylic acids is 1. The monoisotopic (exact) mass is 264 g/mol. The van der Waals surface area contributed by atoms with Crippen molar-refractivity contribution in [1.29, 1.82) is 0 Å². The van der Waals surface area contributed by atoms with Crippen LogP contribution < -0.4 is 0 Å². The molecule has 11 heavy (non-hydrogen) atoms. The highest BCUT2D eigenvalue weighted by molar-refractivity contribution is 14.1. The van der Waals surface area contributed by atoms with Gasteiger partial charge in [-0.2, -0.15) is 0 Å². The van der Waals surface area contributed by atoms with Crippen LogP contribution in [0.1, 0.15) is 15.9 Å². The van der Waals surface area contributed by atoms with Crippen molar-refractivity contribution in [3.63, 3.8) is 0 Å². The first-order valence-electron chi connectivity index (χ1n) is 3.07. The van der Waals surface area contributed by atoms with E-state index in [1.165, 1.54) is 18.2 Å². The molecule has 0 heterocycles. The highest BCUT2D eigenvalue weighted by Crippen LogP contribution is 2.12. The summed E-state index contributed by atoms with van der Waals surface area (Å²) in [6, 6.07) is 4.17. The van der Waals surface area contributed by atoms with Crippen molar-refractivity contribution in [2.24, 2.45) is 0 Å². The van der Waals surface area contributed by atoms with Gasteiger partial charge in [-0.05, 0) is 23.8 Å². The molecule has 0 spiro atoms. The third kappa shape index (κ3) is 1.99. The average molecular weight is 264 g/mol. The lowest BCUT2D eigenvalue weighted by Crippen LogP contribution is -1.89. The molecule has 0 aliphatic heterocycles. The van der Waals surface area contributed by atoms with Crippen LogP contribution in [-0.2, 0) is 4.43 Å². The van der Waals surface area contributed by atoms with E-state index in [4.69, 9.17) is 0 Å². The molecule has 1 aromatic rings. The second kappa shape index (κ2) is 3.80. The summed E-state index contributed by atoms with van der Waals surface area (Å²) in [6.45, 7) is 0. The highest BCUT2D eigenvalue weighted by atomic mass is 127. The predicted molar refractivity (Wildman–Crippen MR) is 49.5 cm³/mol. The van der Waals surface area contributed by atoms with Crippen LogP contribution in [-0.4, -0.2) is 6.29 Å². The van der Waals surface area contributed by atoms with Gasteiger partial charge in [0.15, 0.2) is 0 Å². The standard InChI is InChI=1S/C8H6FIO/c9-8-2-1-6(5-11)7(3-8)4-10/h1-3,5H,4H2. The molecule has 0 N–H and O–H groups in total. The maximum absolute atomic E-state index is 12.6. The van der Waals surface area contributed by atoms with Gasteiger partial charge < -0.3 is 0 Å². The molecular formula is C8H6FIO. The van der Waals surface area contributed by atoms with E-state index in [-0.39, 0.29) is 5.82 Å². The van der Waals surface area contributed by atoms with Crippen molar-refractivity contribution in [1.82, 2.24) is 0 Å². The van der Waals surface area contributed by atoms with Gasteiger partial charge in [0.05, 0.1) is 0 Å². The first kappa shape index (κ1) is 8.64. The largest absolute Gasteiger partial charge is 0.298 e. The van der Waals surface area contributed by atoms with Gasteiger partial charge in [-0.15, -0.1) is 0 Å². The average Bonchev–Trinajstić information content (AvgIpc) is 2.04. The van der Waals surface area contributed by atoms with Crippen molar-refractivity contribution in [3.05, 3.63) is 35.1 Å². The zero-order valence-corrected chi connectivity index (χ0v) is 7.84. The smallest absolute Gasteiger partial charge is 0.150 e. The Morgan fingerprint density at radius 3 is 2.82 bits per heavy atom. The molecule has 0 saturated heterocycles. The Kier molecular flexibility index (Phi) is 2.99. The Bertz CT molecular complexity index is 273. The maximum Gasteiger partial charge on any atom is 0.150 e. The van der Waals surface area contributed by atoms with Gasteiger partial charge in [0, 0.05) is 9.99 Å². The number of rotatable bonds is 2. The fourth-order valence-electron chi connectivity index (χ4n) is 0.805. The minimum absolute atomic E-state index is 0.290. The topological polar surface area (TPSA) is 17.1 Å². The molecule has 3 heteroatoms. The van der Waals surface area contributed by atoms with Crippen LogP contribution in [0.4, 0.5) is 4.39 Å². The summed E-state index contributed by atoms with van der Waals surface area (Å²) in [7, 11) is 0. The summed E-state index contributed by atoms with van der Waals surface area (Å²) in [5.74, 6) is -0.290. The summed E-state index contributed by atoms with van der Waals surface area (Å²) >= 11 is 2.09. The second-order valence-corrected chi connectivity index (χ2v) is 2.86. The summed E-state index contributed by atoms with van der Waals surface area (Å²) < 4.78 is 13.2. The van der Waals surface area contributed by atoms with Gasteiger partial charge in [0.25, 0.3) is 0 Å². The molecule has 0 fully saturated rings. The Balaban J connectivity index is 3.16.